The average molecular weight is 524 g/mol. The highest BCUT2D eigenvalue weighted by Crippen LogP contribution is 2.30. The summed E-state index contributed by atoms with van der Waals surface area (Å²) >= 11 is 6.32. The van der Waals surface area contributed by atoms with Crippen LogP contribution in [0.3, 0.4) is 0 Å². The first-order valence-electron chi connectivity index (χ1n) is 11.6. The Morgan fingerprint density at radius 2 is 1.74 bits per heavy atom. The van der Waals surface area contributed by atoms with E-state index in [2.05, 4.69) is 5.32 Å². The minimum Gasteiger partial charge on any atom is -0.492 e. The maximum absolute atomic E-state index is 13.3. The number of carbonyl (C=O) groups excluding carboxylic acids is 2. The fourth-order valence-electron chi connectivity index (χ4n) is 3.82. The van der Waals surface area contributed by atoms with Crippen molar-refractivity contribution < 1.29 is 22.7 Å². The van der Waals surface area contributed by atoms with Gasteiger partial charge >= 0.3 is 0 Å². The number of hydrogen-bond acceptors (Lipinski definition) is 5. The van der Waals surface area contributed by atoms with Crippen LogP contribution in [0.5, 0.6) is 5.75 Å². The summed E-state index contributed by atoms with van der Waals surface area (Å²) in [5.41, 5.74) is 1.15. The molecule has 1 unspecified atom stereocenters. The highest BCUT2D eigenvalue weighted by molar-refractivity contribution is 7.92. The monoisotopic (exact) mass is 523 g/mol. The van der Waals surface area contributed by atoms with Crippen LogP contribution in [-0.4, -0.2) is 57.6 Å². The summed E-state index contributed by atoms with van der Waals surface area (Å²) in [5, 5.41) is 3.13. The Balaban J connectivity index is 2.24. The maximum atomic E-state index is 13.3. The van der Waals surface area contributed by atoms with Crippen LogP contribution in [0.15, 0.2) is 48.5 Å². The predicted molar refractivity (Wildman–Crippen MR) is 139 cm³/mol. The molecule has 0 radical (unpaired) electrons. The molecule has 2 aromatic rings. The molecule has 0 aliphatic rings. The van der Waals surface area contributed by atoms with Crippen molar-refractivity contribution in [3.05, 3.63) is 59.1 Å². The highest BCUT2D eigenvalue weighted by Gasteiger charge is 2.29. The summed E-state index contributed by atoms with van der Waals surface area (Å²) in [6.45, 7) is 4.31. The van der Waals surface area contributed by atoms with Crippen LogP contribution in [0.2, 0.25) is 5.02 Å². The molecule has 35 heavy (non-hydrogen) atoms. The van der Waals surface area contributed by atoms with E-state index < -0.39 is 16.1 Å². The second-order valence-electron chi connectivity index (χ2n) is 7.99. The second kappa shape index (κ2) is 13.3. The fraction of sp³-hybridized carbons (Fsp3) is 0.440. The molecule has 1 N–H and O–H groups in total. The molecule has 2 aromatic carbocycles. The smallest absolute Gasteiger partial charge is 0.242 e. The minimum atomic E-state index is -3.62. The lowest BCUT2D eigenvalue weighted by Crippen LogP contribution is -2.48. The number of amides is 2. The molecule has 2 amide bonds. The number of likely N-dealkylation sites (N-methyl/N-ethyl adjacent to an activating group) is 1. The van der Waals surface area contributed by atoms with Crippen molar-refractivity contribution in [1.82, 2.24) is 10.2 Å². The number of carbonyl (C=O) groups is 2. The minimum absolute atomic E-state index is 0.0563. The molecule has 0 aliphatic carbocycles. The van der Waals surface area contributed by atoms with Crippen LogP contribution in [-0.2, 0) is 26.2 Å². The van der Waals surface area contributed by atoms with Gasteiger partial charge in [-0.25, -0.2) is 8.42 Å². The van der Waals surface area contributed by atoms with E-state index in [4.69, 9.17) is 16.3 Å². The van der Waals surface area contributed by atoms with Crippen LogP contribution in [0.1, 0.15) is 38.7 Å². The number of hydrogen-bond donors (Lipinski definition) is 1. The topological polar surface area (TPSA) is 96.0 Å². The Morgan fingerprint density at radius 1 is 1.09 bits per heavy atom. The standard InChI is InChI=1S/C25H34ClN3O5S/c1-5-21(25(31)27-3)28(18-19-12-7-8-13-20(19)26)24(30)16-11-17-29(35(4,32)33)22-14-9-10-15-23(22)34-6-2/h7-10,12-15,21H,5-6,11,16-18H2,1-4H3,(H,27,31). The largest absolute Gasteiger partial charge is 0.492 e. The molecular formula is C25H34ClN3O5S. The second-order valence-corrected chi connectivity index (χ2v) is 10.3. The molecule has 192 valence electrons. The van der Waals surface area contributed by atoms with Crippen LogP contribution in [0.4, 0.5) is 5.69 Å². The summed E-state index contributed by atoms with van der Waals surface area (Å²) in [5.74, 6) is -0.0685. The van der Waals surface area contributed by atoms with Gasteiger partial charge in [0.1, 0.15) is 11.8 Å². The molecule has 0 fully saturated rings. The summed E-state index contributed by atoms with van der Waals surface area (Å²) in [7, 11) is -2.09. The Hall–Kier alpha value is -2.78. The SMILES string of the molecule is CCOc1ccccc1N(CCCC(=O)N(Cc1ccccc1Cl)C(CC)C(=O)NC)S(C)(=O)=O. The molecule has 1 atom stereocenters. The number of para-hydroxylation sites is 2. The first-order chi connectivity index (χ1) is 16.6. The predicted octanol–water partition coefficient (Wildman–Crippen LogP) is 3.84. The molecule has 0 saturated carbocycles. The van der Waals surface area contributed by atoms with Crippen molar-refractivity contribution in [3.8, 4) is 5.75 Å². The third-order valence-corrected chi connectivity index (χ3v) is 7.07. The van der Waals surface area contributed by atoms with Gasteiger partial charge in [0.15, 0.2) is 0 Å². The van der Waals surface area contributed by atoms with E-state index in [0.29, 0.717) is 29.5 Å². The van der Waals surface area contributed by atoms with Gasteiger partial charge in [0.2, 0.25) is 21.8 Å². The van der Waals surface area contributed by atoms with Crippen molar-refractivity contribution in [2.24, 2.45) is 0 Å². The van der Waals surface area contributed by atoms with E-state index in [1.165, 1.54) is 16.3 Å². The molecule has 0 saturated heterocycles. The fourth-order valence-corrected chi connectivity index (χ4v) is 4.98. The lowest BCUT2D eigenvalue weighted by molar-refractivity contribution is -0.141. The molecule has 8 nitrogen and oxygen atoms in total. The number of nitrogens with zero attached hydrogens (tertiary/aromatic N) is 2. The van der Waals surface area contributed by atoms with E-state index in [1.807, 2.05) is 26.0 Å². The van der Waals surface area contributed by atoms with Crippen molar-refractivity contribution in [2.45, 2.75) is 45.7 Å². The first kappa shape index (κ1) is 28.5. The third kappa shape index (κ3) is 7.86. The summed E-state index contributed by atoms with van der Waals surface area (Å²) in [6, 6.07) is 13.4. The van der Waals surface area contributed by atoms with Gasteiger partial charge < -0.3 is 15.0 Å². The van der Waals surface area contributed by atoms with Gasteiger partial charge in [-0.1, -0.05) is 48.9 Å². The molecular weight excluding hydrogens is 490 g/mol. The summed E-state index contributed by atoms with van der Waals surface area (Å²) in [4.78, 5) is 27.4. The number of halogens is 1. The number of anilines is 1. The molecule has 0 aliphatic heterocycles. The zero-order valence-corrected chi connectivity index (χ0v) is 22.2. The Kier molecular flexibility index (Phi) is 10.9. The lowest BCUT2D eigenvalue weighted by atomic mass is 10.1. The van der Waals surface area contributed by atoms with Gasteiger partial charge in [-0.05, 0) is 43.5 Å². The van der Waals surface area contributed by atoms with E-state index in [-0.39, 0.29) is 37.7 Å². The van der Waals surface area contributed by atoms with Crippen LogP contribution < -0.4 is 14.4 Å². The molecule has 0 bridgehead atoms. The van der Waals surface area contributed by atoms with Crippen molar-refractivity contribution in [2.75, 3.05) is 30.8 Å². The zero-order chi connectivity index (χ0) is 26.0. The lowest BCUT2D eigenvalue weighted by Gasteiger charge is -2.31. The number of ether oxygens (including phenoxy) is 1. The van der Waals surface area contributed by atoms with Crippen molar-refractivity contribution >= 4 is 39.1 Å². The highest BCUT2D eigenvalue weighted by atomic mass is 35.5. The quantitative estimate of drug-likeness (QED) is 0.430. The van der Waals surface area contributed by atoms with Crippen molar-refractivity contribution in [3.63, 3.8) is 0 Å². The van der Waals surface area contributed by atoms with Gasteiger partial charge in [0.25, 0.3) is 0 Å². The van der Waals surface area contributed by atoms with E-state index >= 15 is 0 Å². The van der Waals surface area contributed by atoms with Gasteiger partial charge in [0.05, 0.1) is 18.6 Å². The van der Waals surface area contributed by atoms with Gasteiger partial charge in [-0.15, -0.1) is 0 Å². The van der Waals surface area contributed by atoms with E-state index in [9.17, 15) is 18.0 Å². The molecule has 0 heterocycles. The van der Waals surface area contributed by atoms with Gasteiger partial charge in [0, 0.05) is 31.6 Å². The Bertz CT molecular complexity index is 1110. The first-order valence-corrected chi connectivity index (χ1v) is 13.8. The van der Waals surface area contributed by atoms with Crippen LogP contribution >= 0.6 is 11.6 Å². The van der Waals surface area contributed by atoms with E-state index in [0.717, 1.165) is 11.8 Å². The van der Waals surface area contributed by atoms with Crippen LogP contribution in [0.25, 0.3) is 0 Å². The summed E-state index contributed by atoms with van der Waals surface area (Å²) in [6.07, 6.45) is 1.86. The third-order valence-electron chi connectivity index (χ3n) is 5.52. The van der Waals surface area contributed by atoms with Gasteiger partial charge in [-0.3, -0.25) is 13.9 Å². The molecule has 0 spiro atoms. The number of sulfonamides is 1. The Morgan fingerprint density at radius 3 is 2.34 bits per heavy atom. The van der Waals surface area contributed by atoms with E-state index in [1.54, 1.807) is 36.4 Å². The molecule has 2 rings (SSSR count). The zero-order valence-electron chi connectivity index (χ0n) is 20.7. The number of benzene rings is 2. The van der Waals surface area contributed by atoms with Gasteiger partial charge in [-0.2, -0.15) is 0 Å². The average Bonchev–Trinajstić information content (AvgIpc) is 2.82. The maximum Gasteiger partial charge on any atom is 0.242 e. The van der Waals surface area contributed by atoms with Crippen molar-refractivity contribution in [1.29, 1.82) is 0 Å². The normalized spacial score (nSPS) is 12.0. The van der Waals surface area contributed by atoms with Crippen LogP contribution in [0, 0.1) is 0 Å². The number of nitrogens with one attached hydrogen (secondary N) is 1. The Labute approximate surface area is 213 Å². The summed E-state index contributed by atoms with van der Waals surface area (Å²) < 4.78 is 32.0. The molecule has 0 aromatic heterocycles. The molecule has 10 heteroatoms. The number of rotatable bonds is 13.